The van der Waals surface area contributed by atoms with Crippen LogP contribution < -0.4 is 5.32 Å². The van der Waals surface area contributed by atoms with Crippen LogP contribution in [0.2, 0.25) is 0 Å². The highest BCUT2D eigenvalue weighted by molar-refractivity contribution is 4.86. The average Bonchev–Trinajstić information content (AvgIpc) is 3.30. The van der Waals surface area contributed by atoms with Gasteiger partial charge in [0, 0.05) is 18.6 Å². The largest absolute Gasteiger partial charge is 0.314 e. The van der Waals surface area contributed by atoms with Crippen LogP contribution in [0, 0.1) is 11.8 Å². The van der Waals surface area contributed by atoms with Crippen LogP contribution in [0.1, 0.15) is 64.7 Å². The summed E-state index contributed by atoms with van der Waals surface area (Å²) in [7, 11) is 0. The van der Waals surface area contributed by atoms with Gasteiger partial charge in [0.05, 0.1) is 0 Å². The van der Waals surface area contributed by atoms with Crippen molar-refractivity contribution in [2.45, 2.75) is 76.8 Å². The van der Waals surface area contributed by atoms with Crippen LogP contribution in [-0.4, -0.2) is 36.6 Å². The van der Waals surface area contributed by atoms with Gasteiger partial charge in [0.25, 0.3) is 0 Å². The van der Waals surface area contributed by atoms with Crippen LogP contribution in [-0.2, 0) is 0 Å². The van der Waals surface area contributed by atoms with Gasteiger partial charge < -0.3 is 10.2 Å². The second-order valence-electron chi connectivity index (χ2n) is 7.27. The fraction of sp³-hybridized carbons (Fsp3) is 1.00. The van der Waals surface area contributed by atoms with Crippen molar-refractivity contribution < 1.29 is 0 Å². The van der Waals surface area contributed by atoms with Gasteiger partial charge in [-0.15, -0.1) is 0 Å². The van der Waals surface area contributed by atoms with E-state index < -0.39 is 0 Å². The van der Waals surface area contributed by atoms with E-state index in [4.69, 9.17) is 0 Å². The molecular weight excluding hydrogens is 232 g/mol. The first-order valence-electron chi connectivity index (χ1n) is 8.82. The van der Waals surface area contributed by atoms with E-state index >= 15 is 0 Å². The Labute approximate surface area is 119 Å². The molecule has 2 aliphatic carbocycles. The van der Waals surface area contributed by atoms with Crippen molar-refractivity contribution in [1.29, 1.82) is 0 Å². The topological polar surface area (TPSA) is 15.3 Å². The zero-order valence-corrected chi connectivity index (χ0v) is 12.7. The highest BCUT2D eigenvalue weighted by Gasteiger charge is 2.30. The van der Waals surface area contributed by atoms with Crippen molar-refractivity contribution in [2.75, 3.05) is 19.6 Å². The number of nitrogens with zero attached hydrogens (tertiary/aromatic N) is 1. The number of piperidine rings is 1. The smallest absolute Gasteiger partial charge is 0.00955 e. The quantitative estimate of drug-likeness (QED) is 0.818. The van der Waals surface area contributed by atoms with E-state index in [0.717, 1.165) is 23.9 Å². The zero-order valence-electron chi connectivity index (χ0n) is 12.7. The lowest BCUT2D eigenvalue weighted by atomic mass is 9.83. The van der Waals surface area contributed by atoms with Crippen LogP contribution in [0.25, 0.3) is 0 Å². The molecule has 19 heavy (non-hydrogen) atoms. The Hall–Kier alpha value is -0.0800. The summed E-state index contributed by atoms with van der Waals surface area (Å²) < 4.78 is 0. The molecule has 0 bridgehead atoms. The van der Waals surface area contributed by atoms with Crippen molar-refractivity contribution >= 4 is 0 Å². The second kappa shape index (κ2) is 6.58. The Morgan fingerprint density at radius 1 is 0.947 bits per heavy atom. The molecule has 0 aromatic heterocycles. The molecule has 3 aliphatic rings. The van der Waals surface area contributed by atoms with Gasteiger partial charge in [-0.05, 0) is 76.3 Å². The van der Waals surface area contributed by atoms with Crippen LogP contribution in [0.15, 0.2) is 0 Å². The lowest BCUT2D eigenvalue weighted by Crippen LogP contribution is -2.46. The van der Waals surface area contributed by atoms with E-state index in [1.807, 2.05) is 0 Å². The molecule has 0 aromatic carbocycles. The Bertz CT molecular complexity index is 266. The minimum Gasteiger partial charge on any atom is -0.314 e. The van der Waals surface area contributed by atoms with E-state index in [1.54, 1.807) is 0 Å². The first-order chi connectivity index (χ1) is 9.35. The number of rotatable bonds is 5. The molecule has 1 saturated heterocycles. The molecule has 3 rings (SSSR count). The normalized spacial score (nSPS) is 37.4. The van der Waals surface area contributed by atoms with Crippen molar-refractivity contribution in [1.82, 2.24) is 10.2 Å². The van der Waals surface area contributed by atoms with Gasteiger partial charge in [0.1, 0.15) is 0 Å². The molecule has 1 N–H and O–H groups in total. The maximum atomic E-state index is 3.74. The number of likely N-dealkylation sites (tertiary alicyclic amines) is 1. The van der Waals surface area contributed by atoms with E-state index in [-0.39, 0.29) is 0 Å². The molecule has 3 fully saturated rings. The molecule has 1 aliphatic heterocycles. The van der Waals surface area contributed by atoms with E-state index in [1.165, 1.54) is 77.4 Å². The minimum absolute atomic E-state index is 0.885. The van der Waals surface area contributed by atoms with Gasteiger partial charge in [-0.25, -0.2) is 0 Å². The minimum atomic E-state index is 0.885. The maximum Gasteiger partial charge on any atom is 0.00955 e. The molecular formula is C17H32N2. The van der Waals surface area contributed by atoms with Crippen LogP contribution in [0.5, 0.6) is 0 Å². The van der Waals surface area contributed by atoms with Crippen molar-refractivity contribution in [3.8, 4) is 0 Å². The summed E-state index contributed by atoms with van der Waals surface area (Å²) in [4.78, 5) is 2.84. The van der Waals surface area contributed by atoms with E-state index in [9.17, 15) is 0 Å². The summed E-state index contributed by atoms with van der Waals surface area (Å²) in [6.07, 6.45) is 13.1. The van der Waals surface area contributed by atoms with Crippen molar-refractivity contribution in [3.63, 3.8) is 0 Å². The van der Waals surface area contributed by atoms with E-state index in [0.29, 0.717) is 0 Å². The average molecular weight is 264 g/mol. The van der Waals surface area contributed by atoms with Gasteiger partial charge in [0.15, 0.2) is 0 Å². The summed E-state index contributed by atoms with van der Waals surface area (Å²) in [5.74, 6) is 1.96. The molecule has 2 heteroatoms. The van der Waals surface area contributed by atoms with Gasteiger partial charge in [-0.3, -0.25) is 0 Å². The Morgan fingerprint density at radius 3 is 2.42 bits per heavy atom. The third-order valence-corrected chi connectivity index (χ3v) is 5.73. The Morgan fingerprint density at radius 2 is 1.74 bits per heavy atom. The molecule has 0 aromatic rings. The fourth-order valence-corrected chi connectivity index (χ4v) is 4.13. The molecule has 2 nitrogen and oxygen atoms in total. The fourth-order valence-electron chi connectivity index (χ4n) is 4.13. The lowest BCUT2D eigenvalue weighted by molar-refractivity contribution is 0.0860. The summed E-state index contributed by atoms with van der Waals surface area (Å²) >= 11 is 0. The SMILES string of the molecule is CCC1CCC(N2CCCC(CNC3CC3)C2)CC1. The number of hydrogen-bond donors (Lipinski definition) is 1. The van der Waals surface area contributed by atoms with E-state index in [2.05, 4.69) is 17.1 Å². The first kappa shape index (κ1) is 13.9. The van der Waals surface area contributed by atoms with Crippen LogP contribution >= 0.6 is 0 Å². The molecule has 2 saturated carbocycles. The van der Waals surface area contributed by atoms with Crippen molar-refractivity contribution in [3.05, 3.63) is 0 Å². The standard InChI is InChI=1S/C17H32N2/c1-2-14-5-9-17(10-6-14)19-11-3-4-15(13-19)12-18-16-7-8-16/h14-18H,2-13H2,1H3. The van der Waals surface area contributed by atoms with Gasteiger partial charge >= 0.3 is 0 Å². The Balaban J connectivity index is 1.42. The molecule has 0 radical (unpaired) electrons. The molecule has 1 atom stereocenters. The van der Waals surface area contributed by atoms with Gasteiger partial charge in [-0.2, -0.15) is 0 Å². The Kier molecular flexibility index (Phi) is 4.81. The molecule has 0 spiro atoms. The van der Waals surface area contributed by atoms with Gasteiger partial charge in [-0.1, -0.05) is 13.3 Å². The molecule has 0 amide bonds. The van der Waals surface area contributed by atoms with Gasteiger partial charge in [0.2, 0.25) is 0 Å². The predicted molar refractivity (Wildman–Crippen MR) is 81.4 cm³/mol. The first-order valence-corrected chi connectivity index (χ1v) is 8.82. The third kappa shape index (κ3) is 3.95. The van der Waals surface area contributed by atoms with Crippen LogP contribution in [0.4, 0.5) is 0 Å². The molecule has 110 valence electrons. The highest BCUT2D eigenvalue weighted by Crippen LogP contribution is 2.31. The number of nitrogens with one attached hydrogen (secondary N) is 1. The second-order valence-corrected chi connectivity index (χ2v) is 7.27. The van der Waals surface area contributed by atoms with Crippen molar-refractivity contribution in [2.24, 2.45) is 11.8 Å². The predicted octanol–water partition coefficient (Wildman–Crippen LogP) is 3.42. The summed E-state index contributed by atoms with van der Waals surface area (Å²) in [6.45, 7) is 6.40. The molecule has 1 unspecified atom stereocenters. The summed E-state index contributed by atoms with van der Waals surface area (Å²) in [5, 5.41) is 3.74. The lowest BCUT2D eigenvalue weighted by Gasteiger charge is -2.41. The molecule has 1 heterocycles. The highest BCUT2D eigenvalue weighted by atomic mass is 15.2. The summed E-state index contributed by atoms with van der Waals surface area (Å²) in [5.41, 5.74) is 0. The van der Waals surface area contributed by atoms with Crippen LogP contribution in [0.3, 0.4) is 0 Å². The monoisotopic (exact) mass is 264 g/mol. The zero-order chi connectivity index (χ0) is 13.1. The number of hydrogen-bond acceptors (Lipinski definition) is 2. The third-order valence-electron chi connectivity index (χ3n) is 5.73. The summed E-state index contributed by atoms with van der Waals surface area (Å²) in [6, 6.07) is 1.81. The maximum absolute atomic E-state index is 3.74.